The molecule has 4 saturated carbocycles. The van der Waals surface area contributed by atoms with Crippen LogP contribution in [0.4, 0.5) is 0 Å². The quantitative estimate of drug-likeness (QED) is 0.0776. The van der Waals surface area contributed by atoms with Gasteiger partial charge in [-0.25, -0.2) is 4.79 Å². The lowest BCUT2D eigenvalue weighted by Gasteiger charge is -2.71. The summed E-state index contributed by atoms with van der Waals surface area (Å²) in [6, 6.07) is 0. The molecule has 77 heavy (non-hydrogen) atoms. The normalized spacial score (nSPS) is 55.0. The maximum absolute atomic E-state index is 13.9. The lowest BCUT2D eigenvalue weighted by atomic mass is 9.33. The first kappa shape index (κ1) is 59.2. The molecule has 4 heterocycles. The molecule has 4 saturated heterocycles. The summed E-state index contributed by atoms with van der Waals surface area (Å²) in [6.45, 7) is 11.8. The van der Waals surface area contributed by atoms with E-state index in [0.29, 0.717) is 38.5 Å². The van der Waals surface area contributed by atoms with Gasteiger partial charge < -0.3 is 104 Å². The predicted molar refractivity (Wildman–Crippen MR) is 258 cm³/mol. The van der Waals surface area contributed by atoms with Gasteiger partial charge in [0.25, 0.3) is 0 Å². The van der Waals surface area contributed by atoms with Crippen molar-refractivity contribution >= 4 is 17.7 Å². The second-order valence-electron chi connectivity index (χ2n) is 25.5. The number of ketones is 1. The number of allylic oxidation sites excluding steroid dienone is 2. The number of carboxylic acid groups (broad SMARTS) is 2. The number of aliphatic hydroxyl groups excluding tert-OH is 11. The standard InChI is InChI=1S/C53H82O24/c1-21-30(58)33(61)37(65)44(71-21)77-41-38(74-43-36(64)31(59)24(56)19-70-43)32(60)25(18-54)72-46(41)76-40-35(63)34(62)39(42(66)67)75-45(40)73-29-11-12-50(4)26(51(29,5)20-55)10-13-53(7)27(50)9-8-22-23-16-48(2,47(68)69)17-28(57)49(23,3)14-15-52(22,53)6/h8,21,23-27,29-41,43-46,54-56,58-65H,9-20H2,1-7H3,(H,66,67)(H,68,69)/t21-,23?,24-,25+,26?,27?,29-,30-,31-,32-,33+,34-,35-,36+,37+,38-,39-,40+,41+,43-,44-,45+,46-,48?,49+,50-,51+,52-,53+/m0/s1. The van der Waals surface area contributed by atoms with E-state index < -0.39 is 176 Å². The molecule has 0 aromatic carbocycles. The van der Waals surface area contributed by atoms with Crippen molar-refractivity contribution in [3.63, 3.8) is 0 Å². The van der Waals surface area contributed by atoms with Gasteiger partial charge in [-0.05, 0) is 99.2 Å². The molecule has 13 N–H and O–H groups in total. The Morgan fingerprint density at radius 2 is 1.31 bits per heavy atom. The minimum absolute atomic E-state index is 0.00973. The topological polar surface area (TPSA) is 388 Å². The zero-order valence-corrected chi connectivity index (χ0v) is 44.6. The average Bonchev–Trinajstić information content (AvgIpc) is 3.37. The molecule has 0 aromatic heterocycles. The molecule has 8 fully saturated rings. The van der Waals surface area contributed by atoms with Gasteiger partial charge in [-0.3, -0.25) is 9.59 Å². The fraction of sp³-hybridized carbons (Fsp3) is 0.906. The van der Waals surface area contributed by atoms with Crippen molar-refractivity contribution in [1.82, 2.24) is 0 Å². The molecule has 438 valence electrons. The summed E-state index contributed by atoms with van der Waals surface area (Å²) in [5.74, 6) is -3.09. The van der Waals surface area contributed by atoms with Gasteiger partial charge in [0.1, 0.15) is 85.1 Å². The third-order valence-electron chi connectivity index (χ3n) is 21.3. The Balaban J connectivity index is 1.02. The maximum Gasteiger partial charge on any atom is 0.335 e. The van der Waals surface area contributed by atoms with Gasteiger partial charge in [0, 0.05) is 17.3 Å². The number of aliphatic carboxylic acids is 2. The van der Waals surface area contributed by atoms with E-state index in [1.807, 2.05) is 13.8 Å². The predicted octanol–water partition coefficient (Wildman–Crippen LogP) is -1.56. The van der Waals surface area contributed by atoms with Crippen molar-refractivity contribution in [2.75, 3.05) is 19.8 Å². The monoisotopic (exact) mass is 1100 g/mol. The van der Waals surface area contributed by atoms with Crippen LogP contribution < -0.4 is 0 Å². The van der Waals surface area contributed by atoms with Crippen LogP contribution in [0.2, 0.25) is 0 Å². The van der Waals surface area contributed by atoms with E-state index in [1.54, 1.807) is 6.92 Å². The zero-order chi connectivity index (χ0) is 56.4. The zero-order valence-electron chi connectivity index (χ0n) is 44.6. The number of Topliss-reactive ketones (excluding diaryl/α,β-unsaturated/α-hetero) is 1. The fourth-order valence-corrected chi connectivity index (χ4v) is 16.1. The van der Waals surface area contributed by atoms with Gasteiger partial charge in [0.15, 0.2) is 31.3 Å². The van der Waals surface area contributed by atoms with Crippen molar-refractivity contribution in [3.05, 3.63) is 11.6 Å². The van der Waals surface area contributed by atoms with Crippen LogP contribution in [0, 0.1) is 50.2 Å². The van der Waals surface area contributed by atoms with Crippen LogP contribution in [0.25, 0.3) is 0 Å². The summed E-state index contributed by atoms with van der Waals surface area (Å²) in [4.78, 5) is 39.3. The van der Waals surface area contributed by atoms with Crippen molar-refractivity contribution in [3.8, 4) is 0 Å². The molecule has 0 bridgehead atoms. The SMILES string of the molecule is C[C@@H]1O[C@@H](O[C@H]2[C@H](O[C@H]3[C@H](O[C@H]4CC[C@@]5(C)C(CC[C@]6(C)C5CC=C5C7CC(C)(C(=O)O)CC(=O)[C@]7(C)CC[C@@]56C)[C@@]4(C)CO)O[C@H](C(=O)O)[C@@H](O)[C@@H]3O)O[C@H](CO)[C@H](O)[C@@H]2O[C@@H]2OC[C@H](O)[C@H](O)[C@H]2O)[C@H](O)[C@H](O)[C@H]1O. The number of carbonyl (C=O) groups is 3. The molecule has 0 amide bonds. The van der Waals surface area contributed by atoms with Crippen molar-refractivity contribution < 1.29 is 119 Å². The van der Waals surface area contributed by atoms with E-state index in [2.05, 4.69) is 26.8 Å². The lowest BCUT2D eigenvalue weighted by Crippen LogP contribution is -2.69. The minimum Gasteiger partial charge on any atom is -0.481 e. The molecule has 0 spiro atoms. The lowest BCUT2D eigenvalue weighted by molar-refractivity contribution is -0.408. The van der Waals surface area contributed by atoms with E-state index in [1.165, 1.54) is 6.92 Å². The van der Waals surface area contributed by atoms with Crippen molar-refractivity contribution in [2.24, 2.45) is 50.2 Å². The molecule has 4 unspecified atom stereocenters. The molecular formula is C53H82O24. The van der Waals surface area contributed by atoms with Crippen LogP contribution in [-0.4, -0.2) is 227 Å². The summed E-state index contributed by atoms with van der Waals surface area (Å²) >= 11 is 0. The number of carboxylic acids is 2. The molecule has 0 aromatic rings. The van der Waals surface area contributed by atoms with Crippen LogP contribution in [0.3, 0.4) is 0 Å². The van der Waals surface area contributed by atoms with Gasteiger partial charge in [-0.15, -0.1) is 0 Å². The van der Waals surface area contributed by atoms with E-state index in [9.17, 15) is 80.8 Å². The summed E-state index contributed by atoms with van der Waals surface area (Å²) in [6.07, 6.45) is -29.4. The van der Waals surface area contributed by atoms with Crippen LogP contribution in [-0.2, 0) is 52.3 Å². The highest BCUT2D eigenvalue weighted by Gasteiger charge is 2.70. The Bertz CT molecular complexity index is 2240. The number of carbonyl (C=O) groups excluding carboxylic acids is 1. The largest absolute Gasteiger partial charge is 0.481 e. The molecule has 29 atom stereocenters. The Morgan fingerprint density at radius 3 is 1.96 bits per heavy atom. The van der Waals surface area contributed by atoms with Crippen molar-refractivity contribution in [1.29, 1.82) is 0 Å². The van der Waals surface area contributed by atoms with E-state index in [0.717, 1.165) is 12.0 Å². The maximum atomic E-state index is 13.9. The Morgan fingerprint density at radius 1 is 0.662 bits per heavy atom. The summed E-state index contributed by atoms with van der Waals surface area (Å²) in [7, 11) is 0. The fourth-order valence-electron chi connectivity index (χ4n) is 16.1. The summed E-state index contributed by atoms with van der Waals surface area (Å²) in [5.41, 5.74) is -2.94. The summed E-state index contributed by atoms with van der Waals surface area (Å²) < 4.78 is 48.5. The van der Waals surface area contributed by atoms with Gasteiger partial charge >= 0.3 is 11.9 Å². The molecule has 24 nitrogen and oxygen atoms in total. The molecule has 9 aliphatic rings. The number of fused-ring (bicyclic) bond motifs is 7. The number of rotatable bonds is 12. The number of aliphatic hydroxyl groups is 11. The van der Waals surface area contributed by atoms with E-state index in [-0.39, 0.29) is 47.2 Å². The van der Waals surface area contributed by atoms with Crippen molar-refractivity contribution in [2.45, 2.75) is 229 Å². The molecule has 24 heteroatoms. The Kier molecular flexibility index (Phi) is 16.2. The number of hydrogen-bond acceptors (Lipinski definition) is 22. The van der Waals surface area contributed by atoms with Gasteiger partial charge in [-0.1, -0.05) is 46.3 Å². The molecule has 0 radical (unpaired) electrons. The third-order valence-corrected chi connectivity index (χ3v) is 21.3. The highest BCUT2D eigenvalue weighted by molar-refractivity contribution is 5.92. The highest BCUT2D eigenvalue weighted by Crippen LogP contribution is 2.75. The van der Waals surface area contributed by atoms with Gasteiger partial charge in [-0.2, -0.15) is 0 Å². The minimum atomic E-state index is -2.19. The second kappa shape index (κ2) is 21.1. The molecule has 4 aliphatic heterocycles. The highest BCUT2D eigenvalue weighted by atomic mass is 16.8. The third kappa shape index (κ3) is 9.37. The van der Waals surface area contributed by atoms with Crippen LogP contribution in [0.1, 0.15) is 106 Å². The summed E-state index contributed by atoms with van der Waals surface area (Å²) in [5, 5.41) is 142. The van der Waals surface area contributed by atoms with E-state index in [4.69, 9.17) is 37.9 Å². The molecular weight excluding hydrogens is 1020 g/mol. The Labute approximate surface area is 446 Å². The first-order valence-corrected chi connectivity index (χ1v) is 27.2. The smallest absolute Gasteiger partial charge is 0.335 e. The molecule has 9 rings (SSSR count). The van der Waals surface area contributed by atoms with Gasteiger partial charge in [0.05, 0.1) is 37.4 Å². The Hall–Kier alpha value is -2.41. The number of hydrogen-bond donors (Lipinski definition) is 13. The van der Waals surface area contributed by atoms with E-state index >= 15 is 0 Å². The first-order valence-electron chi connectivity index (χ1n) is 27.2. The second-order valence-corrected chi connectivity index (χ2v) is 25.5. The van der Waals surface area contributed by atoms with Crippen LogP contribution >= 0.6 is 0 Å². The number of ether oxygens (including phenoxy) is 8. The first-order chi connectivity index (χ1) is 36.0. The average molecular weight is 1100 g/mol. The van der Waals surface area contributed by atoms with Crippen LogP contribution in [0.5, 0.6) is 0 Å². The molecule has 5 aliphatic carbocycles. The van der Waals surface area contributed by atoms with Gasteiger partial charge in [0.2, 0.25) is 0 Å². The van der Waals surface area contributed by atoms with Crippen LogP contribution in [0.15, 0.2) is 11.6 Å².